The first-order chi connectivity index (χ1) is 7.66. The number of fused-ring (bicyclic) bond motifs is 1. The first-order valence-electron chi connectivity index (χ1n) is 4.94. The van der Waals surface area contributed by atoms with Crippen molar-refractivity contribution in [1.29, 1.82) is 0 Å². The standard InChI is InChI=1S/C12H11NO3/c13-12(15)4-2-8-1-3-11-9(7-8)10(14)5-6-16-11/h1-4,7H,5-6H2,(H2,13,15). The number of amides is 1. The molecule has 16 heavy (non-hydrogen) atoms. The number of ether oxygens (including phenoxy) is 1. The molecule has 1 heterocycles. The molecule has 1 aliphatic rings. The summed E-state index contributed by atoms with van der Waals surface area (Å²) < 4.78 is 5.34. The molecule has 0 unspecified atom stereocenters. The molecule has 1 aliphatic heterocycles. The van der Waals surface area contributed by atoms with Gasteiger partial charge >= 0.3 is 0 Å². The van der Waals surface area contributed by atoms with E-state index in [1.165, 1.54) is 6.08 Å². The van der Waals surface area contributed by atoms with Crippen LogP contribution in [0.25, 0.3) is 6.08 Å². The van der Waals surface area contributed by atoms with Crippen LogP contribution in [0, 0.1) is 0 Å². The van der Waals surface area contributed by atoms with Crippen molar-refractivity contribution in [3.05, 3.63) is 35.4 Å². The van der Waals surface area contributed by atoms with Gasteiger partial charge in [-0.15, -0.1) is 0 Å². The predicted octanol–water partition coefficient (Wildman–Crippen LogP) is 1.15. The minimum atomic E-state index is -0.514. The van der Waals surface area contributed by atoms with E-state index in [4.69, 9.17) is 10.5 Å². The van der Waals surface area contributed by atoms with Crippen LogP contribution in [0.4, 0.5) is 0 Å². The summed E-state index contributed by atoms with van der Waals surface area (Å²) in [6.45, 7) is 0.433. The van der Waals surface area contributed by atoms with Gasteiger partial charge < -0.3 is 10.5 Å². The second-order valence-electron chi connectivity index (χ2n) is 3.51. The van der Waals surface area contributed by atoms with Crippen LogP contribution >= 0.6 is 0 Å². The highest BCUT2D eigenvalue weighted by atomic mass is 16.5. The van der Waals surface area contributed by atoms with Gasteiger partial charge in [-0.05, 0) is 23.8 Å². The van der Waals surface area contributed by atoms with Gasteiger partial charge in [0.25, 0.3) is 0 Å². The number of ketones is 1. The van der Waals surface area contributed by atoms with Crippen LogP contribution in [-0.4, -0.2) is 18.3 Å². The highest BCUT2D eigenvalue weighted by Gasteiger charge is 2.17. The molecule has 0 aromatic heterocycles. The van der Waals surface area contributed by atoms with Crippen molar-refractivity contribution in [1.82, 2.24) is 0 Å². The summed E-state index contributed by atoms with van der Waals surface area (Å²) in [4.78, 5) is 22.1. The number of hydrogen-bond donors (Lipinski definition) is 1. The van der Waals surface area contributed by atoms with Crippen LogP contribution in [0.1, 0.15) is 22.3 Å². The van der Waals surface area contributed by atoms with Crippen LogP contribution in [-0.2, 0) is 4.79 Å². The van der Waals surface area contributed by atoms with E-state index in [0.717, 1.165) is 5.56 Å². The van der Waals surface area contributed by atoms with Crippen molar-refractivity contribution in [3.63, 3.8) is 0 Å². The smallest absolute Gasteiger partial charge is 0.241 e. The molecule has 1 amide bonds. The van der Waals surface area contributed by atoms with Crippen molar-refractivity contribution >= 4 is 17.8 Å². The van der Waals surface area contributed by atoms with E-state index in [2.05, 4.69) is 0 Å². The third-order valence-corrected chi connectivity index (χ3v) is 2.33. The monoisotopic (exact) mass is 217 g/mol. The zero-order valence-electron chi connectivity index (χ0n) is 8.60. The first-order valence-corrected chi connectivity index (χ1v) is 4.94. The van der Waals surface area contributed by atoms with Crippen molar-refractivity contribution in [2.75, 3.05) is 6.61 Å². The van der Waals surface area contributed by atoms with Crippen molar-refractivity contribution < 1.29 is 14.3 Å². The van der Waals surface area contributed by atoms with Crippen LogP contribution in [0.15, 0.2) is 24.3 Å². The molecule has 4 heteroatoms. The van der Waals surface area contributed by atoms with Crippen LogP contribution < -0.4 is 10.5 Å². The Labute approximate surface area is 92.7 Å². The number of carbonyl (C=O) groups is 2. The van der Waals surface area contributed by atoms with E-state index < -0.39 is 5.91 Å². The lowest BCUT2D eigenvalue weighted by Gasteiger charge is -2.16. The zero-order chi connectivity index (χ0) is 11.5. The summed E-state index contributed by atoms with van der Waals surface area (Å²) in [7, 11) is 0. The molecule has 2 N–H and O–H groups in total. The van der Waals surface area contributed by atoms with Gasteiger partial charge in [0.2, 0.25) is 5.91 Å². The fourth-order valence-corrected chi connectivity index (χ4v) is 1.56. The van der Waals surface area contributed by atoms with Crippen molar-refractivity contribution in [2.24, 2.45) is 5.73 Å². The second kappa shape index (κ2) is 4.18. The van der Waals surface area contributed by atoms with Gasteiger partial charge in [0.1, 0.15) is 5.75 Å². The Kier molecular flexibility index (Phi) is 2.72. The maximum absolute atomic E-state index is 11.6. The third-order valence-electron chi connectivity index (χ3n) is 2.33. The fraction of sp³-hybridized carbons (Fsp3) is 0.167. The Morgan fingerprint density at radius 3 is 3.00 bits per heavy atom. The van der Waals surface area contributed by atoms with E-state index in [1.807, 2.05) is 0 Å². The van der Waals surface area contributed by atoms with Crippen LogP contribution in [0.2, 0.25) is 0 Å². The summed E-state index contributed by atoms with van der Waals surface area (Å²) in [5.41, 5.74) is 6.32. The van der Waals surface area contributed by atoms with Crippen LogP contribution in [0.5, 0.6) is 5.75 Å². The number of Topliss-reactive ketones (excluding diaryl/α,β-unsaturated/α-hetero) is 1. The van der Waals surface area contributed by atoms with Gasteiger partial charge in [0.05, 0.1) is 12.2 Å². The summed E-state index contributed by atoms with van der Waals surface area (Å²) in [5, 5.41) is 0. The van der Waals surface area contributed by atoms with E-state index in [-0.39, 0.29) is 5.78 Å². The summed E-state index contributed by atoms with van der Waals surface area (Å²) >= 11 is 0. The number of nitrogens with two attached hydrogens (primary N) is 1. The number of rotatable bonds is 2. The Balaban J connectivity index is 2.34. The molecule has 4 nitrogen and oxygen atoms in total. The van der Waals surface area contributed by atoms with Gasteiger partial charge in [0, 0.05) is 12.5 Å². The fourth-order valence-electron chi connectivity index (χ4n) is 1.56. The quantitative estimate of drug-likeness (QED) is 0.755. The molecule has 0 atom stereocenters. The van der Waals surface area contributed by atoms with E-state index >= 15 is 0 Å². The second-order valence-corrected chi connectivity index (χ2v) is 3.51. The predicted molar refractivity (Wildman–Crippen MR) is 59.1 cm³/mol. The SMILES string of the molecule is NC(=O)C=Cc1ccc2c(c1)C(=O)CCO2. The van der Waals surface area contributed by atoms with Gasteiger partial charge in [-0.25, -0.2) is 0 Å². The molecule has 0 aliphatic carbocycles. The number of benzene rings is 1. The van der Waals surface area contributed by atoms with Crippen molar-refractivity contribution in [3.8, 4) is 5.75 Å². The van der Waals surface area contributed by atoms with Gasteiger partial charge in [-0.1, -0.05) is 6.07 Å². The summed E-state index contributed by atoms with van der Waals surface area (Å²) in [6.07, 6.45) is 3.23. The lowest BCUT2D eigenvalue weighted by molar-refractivity contribution is -0.113. The molecule has 1 aromatic rings. The third kappa shape index (κ3) is 2.11. The largest absolute Gasteiger partial charge is 0.492 e. The van der Waals surface area contributed by atoms with Crippen molar-refractivity contribution in [2.45, 2.75) is 6.42 Å². The number of hydrogen-bond acceptors (Lipinski definition) is 3. The molecule has 82 valence electrons. The van der Waals surface area contributed by atoms with E-state index in [0.29, 0.717) is 24.3 Å². The maximum atomic E-state index is 11.6. The minimum absolute atomic E-state index is 0.0653. The Bertz CT molecular complexity index is 477. The Hall–Kier alpha value is -2.10. The average molecular weight is 217 g/mol. The van der Waals surface area contributed by atoms with Gasteiger partial charge in [-0.3, -0.25) is 9.59 Å². The molecular weight excluding hydrogens is 206 g/mol. The number of carbonyl (C=O) groups excluding carboxylic acids is 2. The topological polar surface area (TPSA) is 69.4 Å². The minimum Gasteiger partial charge on any atom is -0.492 e. The Morgan fingerprint density at radius 2 is 2.25 bits per heavy atom. The molecular formula is C12H11NO3. The van der Waals surface area contributed by atoms with E-state index in [1.54, 1.807) is 24.3 Å². The molecule has 0 spiro atoms. The lowest BCUT2D eigenvalue weighted by Crippen LogP contribution is -2.15. The normalized spacial score (nSPS) is 14.6. The highest BCUT2D eigenvalue weighted by Crippen LogP contribution is 2.25. The molecule has 0 saturated heterocycles. The molecule has 0 fully saturated rings. The van der Waals surface area contributed by atoms with Crippen LogP contribution in [0.3, 0.4) is 0 Å². The maximum Gasteiger partial charge on any atom is 0.241 e. The van der Waals surface area contributed by atoms with Gasteiger partial charge in [0.15, 0.2) is 5.78 Å². The first kappa shape index (κ1) is 10.4. The van der Waals surface area contributed by atoms with E-state index in [9.17, 15) is 9.59 Å². The summed E-state index contributed by atoms with van der Waals surface area (Å²) in [6, 6.07) is 5.21. The zero-order valence-corrected chi connectivity index (χ0v) is 8.60. The molecule has 2 rings (SSSR count). The highest BCUT2D eigenvalue weighted by molar-refractivity contribution is 6.00. The number of primary amides is 1. The Morgan fingerprint density at radius 1 is 1.44 bits per heavy atom. The van der Waals surface area contributed by atoms with Gasteiger partial charge in [-0.2, -0.15) is 0 Å². The molecule has 0 saturated carbocycles. The average Bonchev–Trinajstić information content (AvgIpc) is 2.27. The molecule has 1 aromatic carbocycles. The summed E-state index contributed by atoms with van der Waals surface area (Å²) in [5.74, 6) is 0.156. The molecule has 0 radical (unpaired) electrons. The molecule has 0 bridgehead atoms. The lowest BCUT2D eigenvalue weighted by atomic mass is 10.0.